The third-order valence-electron chi connectivity index (χ3n) is 3.96. The van der Waals surface area contributed by atoms with Crippen LogP contribution in [0, 0.1) is 11.3 Å². The number of nitrogens with zero attached hydrogens (tertiary/aromatic N) is 2. The number of nitriles is 1. The van der Waals surface area contributed by atoms with E-state index in [4.69, 9.17) is 14.7 Å². The molecule has 0 saturated carbocycles. The SMILES string of the molecule is N#Cc1cccc(NC(=O)c2cn[nH]c2-c2ccc3c(c2)OCCO3)c1. The van der Waals surface area contributed by atoms with Crippen LogP contribution in [-0.4, -0.2) is 29.3 Å². The first kappa shape index (κ1) is 15.7. The molecule has 0 unspecified atom stereocenters. The van der Waals surface area contributed by atoms with E-state index >= 15 is 0 Å². The molecule has 1 aliphatic rings. The van der Waals surface area contributed by atoms with E-state index in [-0.39, 0.29) is 5.91 Å². The lowest BCUT2D eigenvalue weighted by Crippen LogP contribution is -2.15. The van der Waals surface area contributed by atoms with Crippen LogP contribution < -0.4 is 14.8 Å². The molecule has 0 atom stereocenters. The highest BCUT2D eigenvalue weighted by atomic mass is 16.6. The first-order valence-corrected chi connectivity index (χ1v) is 7.99. The van der Waals surface area contributed by atoms with Gasteiger partial charge in [-0.1, -0.05) is 6.07 Å². The second-order valence-electron chi connectivity index (χ2n) is 5.66. The van der Waals surface area contributed by atoms with Crippen LogP contribution in [0.5, 0.6) is 11.5 Å². The summed E-state index contributed by atoms with van der Waals surface area (Å²) in [5.41, 5.74) is 2.76. The number of aromatic nitrogens is 2. The second kappa shape index (κ2) is 6.61. The highest BCUT2D eigenvalue weighted by Gasteiger charge is 2.18. The predicted octanol–water partition coefficient (Wildman–Crippen LogP) is 2.97. The Hall–Kier alpha value is -3.79. The third kappa shape index (κ3) is 2.96. The van der Waals surface area contributed by atoms with E-state index < -0.39 is 0 Å². The molecule has 1 aliphatic heterocycles. The Bertz CT molecular complexity index is 1020. The average molecular weight is 346 g/mol. The van der Waals surface area contributed by atoms with Gasteiger partial charge in [-0.2, -0.15) is 10.4 Å². The number of nitrogens with one attached hydrogen (secondary N) is 2. The van der Waals surface area contributed by atoms with E-state index in [1.165, 1.54) is 6.20 Å². The van der Waals surface area contributed by atoms with E-state index in [9.17, 15) is 4.79 Å². The number of ether oxygens (including phenoxy) is 2. The molecule has 0 bridgehead atoms. The molecule has 2 N–H and O–H groups in total. The number of H-pyrrole nitrogens is 1. The molecule has 2 heterocycles. The van der Waals surface area contributed by atoms with Crippen molar-refractivity contribution in [3.05, 3.63) is 59.8 Å². The Balaban J connectivity index is 1.62. The number of hydrogen-bond donors (Lipinski definition) is 2. The molecule has 1 aromatic heterocycles. The molecule has 0 radical (unpaired) electrons. The minimum Gasteiger partial charge on any atom is -0.486 e. The summed E-state index contributed by atoms with van der Waals surface area (Å²) in [5, 5.41) is 18.6. The molecule has 26 heavy (non-hydrogen) atoms. The summed E-state index contributed by atoms with van der Waals surface area (Å²) in [7, 11) is 0. The number of aromatic amines is 1. The van der Waals surface area contributed by atoms with E-state index in [1.54, 1.807) is 24.3 Å². The zero-order valence-corrected chi connectivity index (χ0v) is 13.7. The maximum absolute atomic E-state index is 12.6. The van der Waals surface area contributed by atoms with Gasteiger partial charge >= 0.3 is 0 Å². The molecule has 7 nitrogen and oxygen atoms in total. The van der Waals surface area contributed by atoms with E-state index in [1.807, 2.05) is 24.3 Å². The highest BCUT2D eigenvalue weighted by molar-refractivity contribution is 6.08. The summed E-state index contributed by atoms with van der Waals surface area (Å²) in [6.45, 7) is 1.01. The van der Waals surface area contributed by atoms with Crippen LogP contribution in [0.25, 0.3) is 11.3 Å². The molecule has 1 amide bonds. The van der Waals surface area contributed by atoms with Gasteiger partial charge < -0.3 is 14.8 Å². The van der Waals surface area contributed by atoms with Crippen molar-refractivity contribution in [2.45, 2.75) is 0 Å². The van der Waals surface area contributed by atoms with Gasteiger partial charge in [-0.3, -0.25) is 9.89 Å². The molecule has 0 spiro atoms. The van der Waals surface area contributed by atoms with Crippen LogP contribution in [0.15, 0.2) is 48.7 Å². The van der Waals surface area contributed by atoms with Crippen LogP contribution in [0.2, 0.25) is 0 Å². The van der Waals surface area contributed by atoms with Crippen molar-refractivity contribution >= 4 is 11.6 Å². The van der Waals surface area contributed by atoms with Crippen molar-refractivity contribution < 1.29 is 14.3 Å². The summed E-state index contributed by atoms with van der Waals surface area (Å²) in [6.07, 6.45) is 1.47. The van der Waals surface area contributed by atoms with Gasteiger partial charge in [0.05, 0.1) is 29.1 Å². The minimum atomic E-state index is -0.321. The molecule has 7 heteroatoms. The van der Waals surface area contributed by atoms with Crippen LogP contribution in [0.4, 0.5) is 5.69 Å². The van der Waals surface area contributed by atoms with Gasteiger partial charge in [-0.05, 0) is 36.4 Å². The van der Waals surface area contributed by atoms with Gasteiger partial charge in [-0.25, -0.2) is 0 Å². The first-order chi connectivity index (χ1) is 12.7. The predicted molar refractivity (Wildman–Crippen MR) is 94.1 cm³/mol. The van der Waals surface area contributed by atoms with Gasteiger partial charge in [0, 0.05) is 11.3 Å². The molecule has 128 valence electrons. The van der Waals surface area contributed by atoms with Crippen LogP contribution >= 0.6 is 0 Å². The number of amides is 1. The second-order valence-corrected chi connectivity index (χ2v) is 5.66. The molecule has 4 rings (SSSR count). The smallest absolute Gasteiger partial charge is 0.259 e. The lowest BCUT2D eigenvalue weighted by Gasteiger charge is -2.18. The van der Waals surface area contributed by atoms with Crippen molar-refractivity contribution in [1.29, 1.82) is 5.26 Å². The fraction of sp³-hybridized carbons (Fsp3) is 0.105. The van der Waals surface area contributed by atoms with Gasteiger partial charge in [0.15, 0.2) is 11.5 Å². The highest BCUT2D eigenvalue weighted by Crippen LogP contribution is 2.35. The van der Waals surface area contributed by atoms with Crippen molar-refractivity contribution in [2.24, 2.45) is 0 Å². The fourth-order valence-electron chi connectivity index (χ4n) is 2.74. The summed E-state index contributed by atoms with van der Waals surface area (Å²) in [5.74, 6) is 0.994. The van der Waals surface area contributed by atoms with Crippen LogP contribution in [0.3, 0.4) is 0 Å². The van der Waals surface area contributed by atoms with Crippen LogP contribution in [-0.2, 0) is 0 Å². The molecule has 0 fully saturated rings. The topological polar surface area (TPSA) is 100 Å². The Labute approximate surface area is 149 Å². The number of fused-ring (bicyclic) bond motifs is 1. The lowest BCUT2D eigenvalue weighted by molar-refractivity contribution is 0.102. The molecule has 0 aliphatic carbocycles. The zero-order valence-electron chi connectivity index (χ0n) is 13.7. The van der Waals surface area contributed by atoms with E-state index in [0.29, 0.717) is 47.2 Å². The summed E-state index contributed by atoms with van der Waals surface area (Å²) >= 11 is 0. The Morgan fingerprint density at radius 2 is 2.00 bits per heavy atom. The van der Waals surface area contributed by atoms with Gasteiger partial charge in [-0.15, -0.1) is 0 Å². The lowest BCUT2D eigenvalue weighted by atomic mass is 10.1. The summed E-state index contributed by atoms with van der Waals surface area (Å²) < 4.78 is 11.1. The van der Waals surface area contributed by atoms with Gasteiger partial charge in [0.25, 0.3) is 5.91 Å². The maximum atomic E-state index is 12.6. The van der Waals surface area contributed by atoms with Crippen molar-refractivity contribution in [3.63, 3.8) is 0 Å². The number of carbonyl (C=O) groups excluding carboxylic acids is 1. The largest absolute Gasteiger partial charge is 0.486 e. The monoisotopic (exact) mass is 346 g/mol. The number of hydrogen-bond acceptors (Lipinski definition) is 5. The Morgan fingerprint density at radius 1 is 1.15 bits per heavy atom. The summed E-state index contributed by atoms with van der Waals surface area (Å²) in [4.78, 5) is 12.6. The van der Waals surface area contributed by atoms with Gasteiger partial charge in [0.2, 0.25) is 0 Å². The van der Waals surface area contributed by atoms with Crippen molar-refractivity contribution in [3.8, 4) is 28.8 Å². The molecular weight excluding hydrogens is 332 g/mol. The molecule has 2 aromatic carbocycles. The first-order valence-electron chi connectivity index (χ1n) is 7.99. The number of anilines is 1. The molecule has 3 aromatic rings. The van der Waals surface area contributed by atoms with Crippen molar-refractivity contribution in [2.75, 3.05) is 18.5 Å². The number of carbonyl (C=O) groups is 1. The molecule has 0 saturated heterocycles. The maximum Gasteiger partial charge on any atom is 0.259 e. The Kier molecular flexibility index (Phi) is 4.00. The normalized spacial score (nSPS) is 12.3. The quantitative estimate of drug-likeness (QED) is 0.759. The van der Waals surface area contributed by atoms with E-state index in [2.05, 4.69) is 15.5 Å². The fourth-order valence-corrected chi connectivity index (χ4v) is 2.74. The number of rotatable bonds is 3. The van der Waals surface area contributed by atoms with Gasteiger partial charge in [0.1, 0.15) is 13.2 Å². The molecular formula is C19H14N4O3. The van der Waals surface area contributed by atoms with Crippen LogP contribution in [0.1, 0.15) is 15.9 Å². The van der Waals surface area contributed by atoms with Crippen molar-refractivity contribution in [1.82, 2.24) is 10.2 Å². The zero-order chi connectivity index (χ0) is 17.9. The Morgan fingerprint density at radius 3 is 2.85 bits per heavy atom. The van der Waals surface area contributed by atoms with E-state index in [0.717, 1.165) is 5.56 Å². The third-order valence-corrected chi connectivity index (χ3v) is 3.96. The standard InChI is InChI=1S/C19H14N4O3/c20-10-12-2-1-3-14(8-12)22-19(24)15-11-21-23-18(15)13-4-5-16-17(9-13)26-7-6-25-16/h1-5,8-9,11H,6-7H2,(H,21,23)(H,22,24). The average Bonchev–Trinajstić information content (AvgIpc) is 3.18. The number of benzene rings is 2. The minimum absolute atomic E-state index is 0.321. The summed E-state index contributed by atoms with van der Waals surface area (Å²) in [6, 6.07) is 14.2.